The summed E-state index contributed by atoms with van der Waals surface area (Å²) in [5, 5.41) is 5.65. The summed E-state index contributed by atoms with van der Waals surface area (Å²) in [5.74, 6) is 0. The zero-order valence-corrected chi connectivity index (χ0v) is 15.4. The fraction of sp³-hybridized carbons (Fsp3) is 0.300. The number of hydrogen-bond donors (Lipinski definition) is 2. The normalized spacial score (nSPS) is 13.2. The predicted octanol–water partition coefficient (Wildman–Crippen LogP) is 3.29. The first kappa shape index (κ1) is 18.6. The molecule has 3 amide bonds. The molecule has 0 atom stereocenters. The second-order valence-electron chi connectivity index (χ2n) is 6.30. The first-order valence-electron chi connectivity index (χ1n) is 8.99. The number of carbonyl (C=O) groups excluding carboxylic acids is 2. The van der Waals surface area contributed by atoms with Crippen LogP contribution in [-0.2, 0) is 4.74 Å². The van der Waals surface area contributed by atoms with E-state index in [-0.39, 0.29) is 12.1 Å². The van der Waals surface area contributed by atoms with Crippen LogP contribution in [0.25, 0.3) is 0 Å². The van der Waals surface area contributed by atoms with Crippen LogP contribution in [0.5, 0.6) is 0 Å². The number of benzene rings is 2. The number of amides is 3. The maximum absolute atomic E-state index is 12.0. The summed E-state index contributed by atoms with van der Waals surface area (Å²) in [6, 6.07) is 17.0. The number of hydrogen-bond acceptors (Lipinski definition) is 4. The molecule has 3 rings (SSSR count). The number of para-hydroxylation sites is 1. The molecule has 1 aliphatic rings. The minimum atomic E-state index is -0.339. The van der Waals surface area contributed by atoms with Crippen LogP contribution in [0.1, 0.15) is 6.42 Å². The summed E-state index contributed by atoms with van der Waals surface area (Å²) in [5.41, 5.74) is 2.58. The summed E-state index contributed by atoms with van der Waals surface area (Å²) in [4.78, 5) is 27.3. The Morgan fingerprint density at radius 2 is 1.89 bits per heavy atom. The van der Waals surface area contributed by atoms with Gasteiger partial charge in [-0.2, -0.15) is 0 Å². The smallest absolute Gasteiger partial charge is 0.414 e. The van der Waals surface area contributed by atoms with E-state index in [4.69, 9.17) is 4.74 Å². The van der Waals surface area contributed by atoms with Gasteiger partial charge in [-0.3, -0.25) is 4.90 Å². The third-order valence-corrected chi connectivity index (χ3v) is 4.35. The minimum Gasteiger partial charge on any atom is -0.447 e. The van der Waals surface area contributed by atoms with Crippen molar-refractivity contribution in [2.24, 2.45) is 0 Å². The first-order chi connectivity index (χ1) is 13.1. The molecule has 2 N–H and O–H groups in total. The van der Waals surface area contributed by atoms with Gasteiger partial charge in [0.15, 0.2) is 0 Å². The van der Waals surface area contributed by atoms with E-state index in [1.165, 1.54) is 0 Å². The van der Waals surface area contributed by atoms with Gasteiger partial charge in [-0.15, -0.1) is 0 Å². The fourth-order valence-electron chi connectivity index (χ4n) is 2.86. The van der Waals surface area contributed by atoms with Crippen LogP contribution in [0.3, 0.4) is 0 Å². The highest BCUT2D eigenvalue weighted by Gasteiger charge is 2.23. The average Bonchev–Trinajstić information content (AvgIpc) is 3.12. The van der Waals surface area contributed by atoms with Gasteiger partial charge in [0.2, 0.25) is 0 Å². The van der Waals surface area contributed by atoms with Gasteiger partial charge < -0.3 is 20.3 Å². The third kappa shape index (κ3) is 5.13. The van der Waals surface area contributed by atoms with E-state index >= 15 is 0 Å². The number of ether oxygens (including phenoxy) is 1. The van der Waals surface area contributed by atoms with Gasteiger partial charge in [-0.25, -0.2) is 9.59 Å². The molecule has 0 saturated carbocycles. The van der Waals surface area contributed by atoms with Crippen molar-refractivity contribution in [2.75, 3.05) is 48.4 Å². The Morgan fingerprint density at radius 1 is 1.15 bits per heavy atom. The van der Waals surface area contributed by atoms with Crippen molar-refractivity contribution < 1.29 is 14.3 Å². The molecular formula is C20H24N4O3. The minimum absolute atomic E-state index is 0.245. The number of cyclic esters (lactones) is 1. The van der Waals surface area contributed by atoms with Gasteiger partial charge in [0.1, 0.15) is 6.61 Å². The van der Waals surface area contributed by atoms with Crippen molar-refractivity contribution in [1.82, 2.24) is 5.32 Å². The van der Waals surface area contributed by atoms with Gasteiger partial charge in [0, 0.05) is 37.2 Å². The lowest BCUT2D eigenvalue weighted by molar-refractivity contribution is 0.181. The Morgan fingerprint density at radius 3 is 2.56 bits per heavy atom. The molecule has 0 bridgehead atoms. The van der Waals surface area contributed by atoms with Crippen LogP contribution in [0.2, 0.25) is 0 Å². The van der Waals surface area contributed by atoms with E-state index in [1.54, 1.807) is 29.2 Å². The molecule has 0 aliphatic carbocycles. The van der Waals surface area contributed by atoms with Crippen LogP contribution < -0.4 is 20.4 Å². The second-order valence-corrected chi connectivity index (χ2v) is 6.30. The van der Waals surface area contributed by atoms with Gasteiger partial charge >= 0.3 is 12.1 Å². The van der Waals surface area contributed by atoms with Gasteiger partial charge in [-0.1, -0.05) is 18.2 Å². The lowest BCUT2D eigenvalue weighted by Gasteiger charge is -2.19. The summed E-state index contributed by atoms with van der Waals surface area (Å²) >= 11 is 0. The monoisotopic (exact) mass is 368 g/mol. The zero-order valence-electron chi connectivity index (χ0n) is 15.4. The summed E-state index contributed by atoms with van der Waals surface area (Å²) < 4.78 is 4.92. The van der Waals surface area contributed by atoms with E-state index in [1.807, 2.05) is 25.2 Å². The van der Waals surface area contributed by atoms with Crippen molar-refractivity contribution >= 4 is 29.2 Å². The molecule has 7 heteroatoms. The van der Waals surface area contributed by atoms with Crippen LogP contribution in [0.4, 0.5) is 26.7 Å². The number of nitrogens with zero attached hydrogens (tertiary/aromatic N) is 2. The van der Waals surface area contributed by atoms with E-state index in [0.29, 0.717) is 25.4 Å². The highest BCUT2D eigenvalue weighted by Crippen LogP contribution is 2.21. The standard InChI is InChI=1S/C20H24N4O3/c1-23(17-6-3-2-4-7-17)13-5-12-21-19(25)22-16-8-10-18(11-9-16)24-14-15-27-20(24)26/h2-4,6-11H,5,12-15H2,1H3,(H2,21,22,25). The molecule has 142 valence electrons. The van der Waals surface area contributed by atoms with E-state index in [9.17, 15) is 9.59 Å². The Labute approximate surface area is 158 Å². The summed E-state index contributed by atoms with van der Waals surface area (Å²) in [6.45, 7) is 2.38. The Bertz CT molecular complexity index is 765. The molecule has 27 heavy (non-hydrogen) atoms. The quantitative estimate of drug-likeness (QED) is 0.736. The molecule has 1 aliphatic heterocycles. The molecule has 2 aromatic rings. The summed E-state index contributed by atoms with van der Waals surface area (Å²) in [7, 11) is 2.03. The molecular weight excluding hydrogens is 344 g/mol. The van der Waals surface area contributed by atoms with E-state index in [2.05, 4.69) is 27.7 Å². The van der Waals surface area contributed by atoms with Crippen LogP contribution in [-0.4, -0.2) is 45.4 Å². The Balaban J connectivity index is 1.38. The predicted molar refractivity (Wildman–Crippen MR) is 106 cm³/mol. The van der Waals surface area contributed by atoms with Crippen LogP contribution in [0, 0.1) is 0 Å². The van der Waals surface area contributed by atoms with Crippen molar-refractivity contribution in [3.05, 3.63) is 54.6 Å². The number of carbonyl (C=O) groups is 2. The number of urea groups is 1. The first-order valence-corrected chi connectivity index (χ1v) is 8.99. The molecule has 0 aromatic heterocycles. The maximum atomic E-state index is 12.0. The molecule has 0 spiro atoms. The number of anilines is 3. The van der Waals surface area contributed by atoms with E-state index in [0.717, 1.165) is 24.3 Å². The average molecular weight is 368 g/mol. The lowest BCUT2D eigenvalue weighted by atomic mass is 10.2. The maximum Gasteiger partial charge on any atom is 0.414 e. The van der Waals surface area contributed by atoms with Gasteiger partial charge in [0.25, 0.3) is 0 Å². The number of nitrogens with one attached hydrogen (secondary N) is 2. The molecule has 0 unspecified atom stereocenters. The van der Waals surface area contributed by atoms with Crippen molar-refractivity contribution in [2.45, 2.75) is 6.42 Å². The lowest BCUT2D eigenvalue weighted by Crippen LogP contribution is -2.31. The highest BCUT2D eigenvalue weighted by atomic mass is 16.6. The molecule has 2 aromatic carbocycles. The Hall–Kier alpha value is -3.22. The van der Waals surface area contributed by atoms with Crippen molar-refractivity contribution in [3.8, 4) is 0 Å². The zero-order chi connectivity index (χ0) is 19.1. The largest absolute Gasteiger partial charge is 0.447 e. The second kappa shape index (κ2) is 8.93. The van der Waals surface area contributed by atoms with Crippen LogP contribution in [0.15, 0.2) is 54.6 Å². The SMILES string of the molecule is CN(CCCNC(=O)Nc1ccc(N2CCOC2=O)cc1)c1ccccc1. The van der Waals surface area contributed by atoms with Gasteiger partial charge in [-0.05, 0) is 42.8 Å². The van der Waals surface area contributed by atoms with E-state index < -0.39 is 0 Å². The molecule has 0 radical (unpaired) electrons. The molecule has 1 saturated heterocycles. The van der Waals surface area contributed by atoms with Crippen molar-refractivity contribution in [1.29, 1.82) is 0 Å². The Kier molecular flexibility index (Phi) is 6.14. The number of rotatable bonds is 7. The third-order valence-electron chi connectivity index (χ3n) is 4.35. The van der Waals surface area contributed by atoms with Crippen molar-refractivity contribution in [3.63, 3.8) is 0 Å². The molecule has 7 nitrogen and oxygen atoms in total. The van der Waals surface area contributed by atoms with Gasteiger partial charge in [0.05, 0.1) is 6.54 Å². The van der Waals surface area contributed by atoms with Crippen LogP contribution >= 0.6 is 0 Å². The molecule has 1 heterocycles. The molecule has 1 fully saturated rings. The topological polar surface area (TPSA) is 73.9 Å². The fourth-order valence-corrected chi connectivity index (χ4v) is 2.86. The highest BCUT2D eigenvalue weighted by molar-refractivity contribution is 5.91. The summed E-state index contributed by atoms with van der Waals surface area (Å²) in [6.07, 6.45) is 0.503.